The molecule has 0 bridgehead atoms. The number of rotatable bonds is 4. The molecule has 18 heavy (non-hydrogen) atoms. The van der Waals surface area contributed by atoms with Crippen molar-refractivity contribution in [1.29, 1.82) is 0 Å². The molecule has 102 valence electrons. The van der Waals surface area contributed by atoms with Gasteiger partial charge in [0.1, 0.15) is 0 Å². The summed E-state index contributed by atoms with van der Waals surface area (Å²) in [6.45, 7) is 7.94. The highest BCUT2D eigenvalue weighted by molar-refractivity contribution is 5.49. The molecule has 0 aliphatic carbocycles. The van der Waals surface area contributed by atoms with Gasteiger partial charge in [-0.25, -0.2) is 0 Å². The minimum absolute atomic E-state index is 0.558. The quantitative estimate of drug-likeness (QED) is 0.892. The lowest BCUT2D eigenvalue weighted by Gasteiger charge is -2.31. The third-order valence-corrected chi connectivity index (χ3v) is 4.21. The van der Waals surface area contributed by atoms with Crippen LogP contribution in [0, 0.1) is 6.92 Å². The molecule has 1 aliphatic rings. The van der Waals surface area contributed by atoms with Crippen molar-refractivity contribution in [2.24, 2.45) is 7.05 Å². The van der Waals surface area contributed by atoms with E-state index in [-0.39, 0.29) is 0 Å². The third-order valence-electron chi connectivity index (χ3n) is 4.21. The maximum Gasteiger partial charge on any atom is 0.0888 e. The van der Waals surface area contributed by atoms with Crippen molar-refractivity contribution in [3.8, 4) is 0 Å². The highest BCUT2D eigenvalue weighted by atomic mass is 15.3. The molecule has 0 atom stereocenters. The summed E-state index contributed by atoms with van der Waals surface area (Å²) in [5.41, 5.74) is 9.28. The first kappa shape index (κ1) is 13.4. The Kier molecular flexibility index (Phi) is 4.27. The normalized spacial score (nSPS) is 18.4. The predicted octanol–water partition coefficient (Wildman–Crippen LogP) is 2.29. The second-order valence-corrected chi connectivity index (χ2v) is 5.48. The number of anilines is 1. The van der Waals surface area contributed by atoms with Gasteiger partial charge in [-0.05, 0) is 45.8 Å². The van der Waals surface area contributed by atoms with Gasteiger partial charge in [-0.15, -0.1) is 0 Å². The fourth-order valence-electron chi connectivity index (χ4n) is 2.76. The van der Waals surface area contributed by atoms with Gasteiger partial charge in [-0.2, -0.15) is 5.10 Å². The van der Waals surface area contributed by atoms with Gasteiger partial charge in [0.2, 0.25) is 0 Å². The van der Waals surface area contributed by atoms with Gasteiger partial charge in [0.05, 0.1) is 17.1 Å². The molecule has 0 saturated carbocycles. The van der Waals surface area contributed by atoms with E-state index in [4.69, 9.17) is 5.73 Å². The van der Waals surface area contributed by atoms with E-state index >= 15 is 0 Å². The number of nitrogen functional groups attached to an aromatic ring is 1. The van der Waals surface area contributed by atoms with Gasteiger partial charge in [0, 0.05) is 13.0 Å². The second kappa shape index (κ2) is 5.74. The number of nitrogens with zero attached hydrogens (tertiary/aromatic N) is 3. The van der Waals surface area contributed by atoms with Crippen LogP contribution in [-0.2, 0) is 7.05 Å². The van der Waals surface area contributed by atoms with Crippen LogP contribution in [-0.4, -0.2) is 34.3 Å². The van der Waals surface area contributed by atoms with E-state index in [0.29, 0.717) is 5.92 Å². The Bertz CT molecular complexity index is 389. The molecular formula is C14H26N4. The van der Waals surface area contributed by atoms with Crippen molar-refractivity contribution < 1.29 is 0 Å². The van der Waals surface area contributed by atoms with Gasteiger partial charge >= 0.3 is 0 Å². The van der Waals surface area contributed by atoms with Crippen LogP contribution >= 0.6 is 0 Å². The lowest BCUT2D eigenvalue weighted by Crippen LogP contribution is -2.33. The van der Waals surface area contributed by atoms with Crippen LogP contribution in [0.1, 0.15) is 49.9 Å². The average Bonchev–Trinajstić information content (AvgIpc) is 2.65. The molecule has 2 rings (SSSR count). The van der Waals surface area contributed by atoms with E-state index in [1.807, 2.05) is 18.7 Å². The van der Waals surface area contributed by atoms with Gasteiger partial charge in [0.15, 0.2) is 0 Å². The molecule has 4 nitrogen and oxygen atoms in total. The summed E-state index contributed by atoms with van der Waals surface area (Å²) in [4.78, 5) is 2.58. The SMILES string of the molecule is CCCCN1CCC(c2nn(C)c(C)c2N)CC1. The van der Waals surface area contributed by atoms with Crippen LogP contribution in [0.2, 0.25) is 0 Å². The van der Waals surface area contributed by atoms with Gasteiger partial charge < -0.3 is 10.6 Å². The van der Waals surface area contributed by atoms with Gasteiger partial charge in [-0.1, -0.05) is 13.3 Å². The Labute approximate surface area is 110 Å². The Morgan fingerprint density at radius 2 is 2.00 bits per heavy atom. The largest absolute Gasteiger partial charge is 0.396 e. The number of nitrogens with two attached hydrogens (primary N) is 1. The van der Waals surface area contributed by atoms with Crippen molar-refractivity contribution in [3.05, 3.63) is 11.4 Å². The zero-order valence-electron chi connectivity index (χ0n) is 11.9. The molecule has 4 heteroatoms. The number of hydrogen-bond acceptors (Lipinski definition) is 3. The van der Waals surface area contributed by atoms with Crippen molar-refractivity contribution in [3.63, 3.8) is 0 Å². The molecule has 1 aromatic rings. The summed E-state index contributed by atoms with van der Waals surface area (Å²) in [5, 5.41) is 4.59. The maximum absolute atomic E-state index is 6.15. The highest BCUT2D eigenvalue weighted by Crippen LogP contribution is 2.32. The maximum atomic E-state index is 6.15. The summed E-state index contributed by atoms with van der Waals surface area (Å²) in [5.74, 6) is 0.558. The standard InChI is InChI=1S/C14H26N4/c1-4-5-8-18-9-6-12(7-10-18)14-13(15)11(2)17(3)16-14/h12H,4-10,15H2,1-3H3. The number of hydrogen-bond donors (Lipinski definition) is 1. The molecule has 0 unspecified atom stereocenters. The summed E-state index contributed by atoms with van der Waals surface area (Å²) >= 11 is 0. The number of aryl methyl sites for hydroxylation is 1. The predicted molar refractivity (Wildman–Crippen MR) is 75.7 cm³/mol. The first-order valence-electron chi connectivity index (χ1n) is 7.14. The minimum Gasteiger partial charge on any atom is -0.396 e. The van der Waals surface area contributed by atoms with Crippen LogP contribution in [0.5, 0.6) is 0 Å². The minimum atomic E-state index is 0.558. The van der Waals surface area contributed by atoms with Crippen molar-refractivity contribution in [2.75, 3.05) is 25.4 Å². The zero-order chi connectivity index (χ0) is 13.1. The molecule has 2 N–H and O–H groups in total. The first-order chi connectivity index (χ1) is 8.63. The van der Waals surface area contributed by atoms with Crippen molar-refractivity contribution >= 4 is 5.69 Å². The molecule has 1 aromatic heterocycles. The Balaban J connectivity index is 1.95. The number of aromatic nitrogens is 2. The van der Waals surface area contributed by atoms with Crippen molar-refractivity contribution in [1.82, 2.24) is 14.7 Å². The van der Waals surface area contributed by atoms with E-state index in [9.17, 15) is 0 Å². The van der Waals surface area contributed by atoms with Crippen LogP contribution in [0.4, 0.5) is 5.69 Å². The van der Waals surface area contributed by atoms with Crippen molar-refractivity contribution in [2.45, 2.75) is 45.4 Å². The molecule has 1 saturated heterocycles. The average molecular weight is 250 g/mol. The molecule has 0 radical (unpaired) electrons. The number of unbranched alkanes of at least 4 members (excludes halogenated alkanes) is 1. The molecular weight excluding hydrogens is 224 g/mol. The summed E-state index contributed by atoms with van der Waals surface area (Å²) in [6.07, 6.45) is 5.00. The Hall–Kier alpha value is -1.03. The summed E-state index contributed by atoms with van der Waals surface area (Å²) < 4.78 is 1.91. The number of piperidine rings is 1. The van der Waals surface area contributed by atoms with Crippen LogP contribution in [0.25, 0.3) is 0 Å². The molecule has 0 amide bonds. The third kappa shape index (κ3) is 2.69. The summed E-state index contributed by atoms with van der Waals surface area (Å²) in [6, 6.07) is 0. The lowest BCUT2D eigenvalue weighted by atomic mass is 9.92. The zero-order valence-corrected chi connectivity index (χ0v) is 11.9. The number of likely N-dealkylation sites (tertiary alicyclic amines) is 1. The van der Waals surface area contributed by atoms with Crippen LogP contribution in [0.15, 0.2) is 0 Å². The van der Waals surface area contributed by atoms with E-state index in [2.05, 4.69) is 16.9 Å². The van der Waals surface area contributed by atoms with Gasteiger partial charge in [-0.3, -0.25) is 4.68 Å². The monoisotopic (exact) mass is 250 g/mol. The highest BCUT2D eigenvalue weighted by Gasteiger charge is 2.25. The topological polar surface area (TPSA) is 47.1 Å². The van der Waals surface area contributed by atoms with E-state index in [0.717, 1.165) is 17.1 Å². The van der Waals surface area contributed by atoms with E-state index in [1.54, 1.807) is 0 Å². The Morgan fingerprint density at radius 1 is 1.33 bits per heavy atom. The molecule has 1 aliphatic heterocycles. The molecule has 2 heterocycles. The Morgan fingerprint density at radius 3 is 2.50 bits per heavy atom. The molecule has 1 fully saturated rings. The molecule has 0 aromatic carbocycles. The van der Waals surface area contributed by atoms with Crippen LogP contribution in [0.3, 0.4) is 0 Å². The lowest BCUT2D eigenvalue weighted by molar-refractivity contribution is 0.208. The first-order valence-corrected chi connectivity index (χ1v) is 7.14. The second-order valence-electron chi connectivity index (χ2n) is 5.48. The fourth-order valence-corrected chi connectivity index (χ4v) is 2.76. The summed E-state index contributed by atoms with van der Waals surface area (Å²) in [7, 11) is 1.98. The van der Waals surface area contributed by atoms with E-state index < -0.39 is 0 Å². The molecule has 0 spiro atoms. The fraction of sp³-hybridized carbons (Fsp3) is 0.786. The smallest absolute Gasteiger partial charge is 0.0888 e. The van der Waals surface area contributed by atoms with Gasteiger partial charge in [0.25, 0.3) is 0 Å². The van der Waals surface area contributed by atoms with E-state index in [1.165, 1.54) is 45.3 Å². The van der Waals surface area contributed by atoms with Crippen LogP contribution < -0.4 is 5.73 Å².